The van der Waals surface area contributed by atoms with Crippen molar-refractivity contribution in [3.8, 4) is 0 Å². The van der Waals surface area contributed by atoms with Gasteiger partial charge in [0.1, 0.15) is 21.8 Å². The summed E-state index contributed by atoms with van der Waals surface area (Å²) in [5, 5.41) is 4.21. The maximum atomic E-state index is 12.8. The van der Waals surface area contributed by atoms with E-state index < -0.39 is 10.0 Å². The van der Waals surface area contributed by atoms with Gasteiger partial charge in [-0.3, -0.25) is 4.57 Å². The van der Waals surface area contributed by atoms with Gasteiger partial charge >= 0.3 is 5.69 Å². The molecule has 1 N–H and O–H groups in total. The first kappa shape index (κ1) is 16.4. The molecule has 11 heteroatoms. The van der Waals surface area contributed by atoms with Gasteiger partial charge in [-0.15, -0.1) is 0 Å². The van der Waals surface area contributed by atoms with Crippen LogP contribution in [0.4, 0.5) is 0 Å². The van der Waals surface area contributed by atoms with Crippen molar-refractivity contribution in [1.82, 2.24) is 27.8 Å². The third-order valence-electron chi connectivity index (χ3n) is 4.36. The second-order valence-corrected chi connectivity index (χ2v) is 8.22. The van der Waals surface area contributed by atoms with E-state index >= 15 is 0 Å². The Kier molecular flexibility index (Phi) is 3.93. The Morgan fingerprint density at radius 3 is 2.96 bits per heavy atom. The molecule has 0 aliphatic carbocycles. The summed E-state index contributed by atoms with van der Waals surface area (Å²) in [5.41, 5.74) is 0.782. The summed E-state index contributed by atoms with van der Waals surface area (Å²) in [6, 6.07) is 4.66. The number of nitrogens with zero attached hydrogens (tertiary/aromatic N) is 5. The second-order valence-electron chi connectivity index (χ2n) is 6.01. The van der Waals surface area contributed by atoms with Crippen LogP contribution in [0.2, 0.25) is 0 Å². The molecule has 0 bridgehead atoms. The van der Waals surface area contributed by atoms with Crippen molar-refractivity contribution in [1.29, 1.82) is 0 Å². The number of nitrogens with one attached hydrogen (secondary N) is 1. The van der Waals surface area contributed by atoms with Gasteiger partial charge in [0.15, 0.2) is 0 Å². The summed E-state index contributed by atoms with van der Waals surface area (Å²) in [6.07, 6.45) is 1.66. The Morgan fingerprint density at radius 1 is 1.28 bits per heavy atom. The van der Waals surface area contributed by atoms with Crippen LogP contribution >= 0.6 is 11.7 Å². The van der Waals surface area contributed by atoms with Gasteiger partial charge in [0, 0.05) is 26.1 Å². The van der Waals surface area contributed by atoms with Crippen LogP contribution in [0.5, 0.6) is 0 Å². The minimum Gasteiger partial charge on any atom is -0.279 e. The molecule has 3 aromatic rings. The Labute approximate surface area is 147 Å². The van der Waals surface area contributed by atoms with Gasteiger partial charge in [-0.05, 0) is 25.0 Å². The zero-order chi connectivity index (χ0) is 17.6. The quantitative estimate of drug-likeness (QED) is 0.698. The number of hydrogen-bond acceptors (Lipinski definition) is 7. The molecule has 1 atom stereocenters. The maximum Gasteiger partial charge on any atom is 0.345 e. The lowest BCUT2D eigenvalue weighted by Gasteiger charge is -2.16. The molecule has 0 spiro atoms. The van der Waals surface area contributed by atoms with Crippen LogP contribution < -0.4 is 10.4 Å². The number of rotatable bonds is 3. The lowest BCUT2D eigenvalue weighted by atomic mass is 10.1. The molecule has 0 radical (unpaired) electrons. The molecule has 1 aliphatic rings. The molecule has 1 aliphatic heterocycles. The standard InChI is InChI=1S/C14H16N6O3S2/c1-19-14(21)20-8-7-9(5-6-12(20)15-19)18-25(22,23)11-4-2-3-10-13(11)17-24-16-10/h2-4,9,18H,5-8H2,1H3. The van der Waals surface area contributed by atoms with Crippen molar-refractivity contribution in [3.63, 3.8) is 0 Å². The summed E-state index contributed by atoms with van der Waals surface area (Å²) < 4.78 is 39.4. The largest absolute Gasteiger partial charge is 0.345 e. The summed E-state index contributed by atoms with van der Waals surface area (Å²) >= 11 is 0.987. The predicted octanol–water partition coefficient (Wildman–Crippen LogP) is 0.270. The lowest BCUT2D eigenvalue weighted by Crippen LogP contribution is -2.35. The van der Waals surface area contributed by atoms with Crippen LogP contribution in [-0.2, 0) is 30.0 Å². The molecule has 3 heterocycles. The molecule has 0 saturated heterocycles. The van der Waals surface area contributed by atoms with Crippen LogP contribution in [0.3, 0.4) is 0 Å². The average molecular weight is 380 g/mol. The highest BCUT2D eigenvalue weighted by atomic mass is 32.2. The molecule has 2 aromatic heterocycles. The van der Waals surface area contributed by atoms with Crippen molar-refractivity contribution in [2.75, 3.05) is 0 Å². The SMILES string of the molecule is Cn1nc2n(c1=O)CCC(NS(=O)(=O)c1cccc3nsnc13)CC2. The first-order valence-corrected chi connectivity index (χ1v) is 10.0. The van der Waals surface area contributed by atoms with Gasteiger partial charge in [-0.25, -0.2) is 22.6 Å². The van der Waals surface area contributed by atoms with Gasteiger partial charge in [0.2, 0.25) is 10.0 Å². The zero-order valence-corrected chi connectivity index (χ0v) is 15.0. The number of fused-ring (bicyclic) bond motifs is 2. The van der Waals surface area contributed by atoms with E-state index in [0.717, 1.165) is 11.7 Å². The van der Waals surface area contributed by atoms with E-state index in [1.54, 1.807) is 23.7 Å². The Bertz CT molecular complexity index is 1100. The minimum absolute atomic E-state index is 0.136. The van der Waals surface area contributed by atoms with E-state index in [4.69, 9.17) is 0 Å². The highest BCUT2D eigenvalue weighted by Gasteiger charge is 2.26. The topological polar surface area (TPSA) is 112 Å². The van der Waals surface area contributed by atoms with Crippen molar-refractivity contribution >= 4 is 32.8 Å². The van der Waals surface area contributed by atoms with E-state index in [-0.39, 0.29) is 16.6 Å². The second kappa shape index (κ2) is 6.00. The van der Waals surface area contributed by atoms with Crippen molar-refractivity contribution in [3.05, 3.63) is 34.5 Å². The van der Waals surface area contributed by atoms with Gasteiger partial charge < -0.3 is 0 Å². The molecule has 25 heavy (non-hydrogen) atoms. The van der Waals surface area contributed by atoms with Gasteiger partial charge in [-0.2, -0.15) is 13.8 Å². The predicted molar refractivity (Wildman–Crippen MR) is 91.9 cm³/mol. The summed E-state index contributed by atoms with van der Waals surface area (Å²) in [7, 11) is -2.10. The average Bonchev–Trinajstić information content (AvgIpc) is 3.09. The molecule has 0 amide bonds. The van der Waals surface area contributed by atoms with Crippen molar-refractivity contribution in [2.24, 2.45) is 7.05 Å². The molecule has 132 valence electrons. The van der Waals surface area contributed by atoms with Crippen LogP contribution in [0.1, 0.15) is 18.7 Å². The first-order chi connectivity index (χ1) is 12.0. The number of sulfonamides is 1. The van der Waals surface area contributed by atoms with E-state index in [9.17, 15) is 13.2 Å². The molecular weight excluding hydrogens is 364 g/mol. The Morgan fingerprint density at radius 2 is 2.12 bits per heavy atom. The van der Waals surface area contributed by atoms with Crippen LogP contribution in [-0.4, -0.2) is 37.6 Å². The number of aromatic nitrogens is 5. The van der Waals surface area contributed by atoms with E-state index in [1.807, 2.05) is 0 Å². The normalized spacial score (nSPS) is 18.2. The monoisotopic (exact) mass is 380 g/mol. The molecular formula is C14H16N6O3S2. The first-order valence-electron chi connectivity index (χ1n) is 7.82. The van der Waals surface area contributed by atoms with Crippen LogP contribution in [0, 0.1) is 0 Å². The minimum atomic E-state index is -3.72. The highest BCUT2D eigenvalue weighted by molar-refractivity contribution is 7.89. The summed E-state index contributed by atoms with van der Waals surface area (Å²) in [6.45, 7) is 0.442. The van der Waals surface area contributed by atoms with Crippen molar-refractivity contribution in [2.45, 2.75) is 36.7 Å². The van der Waals surface area contributed by atoms with Gasteiger partial charge in [0.05, 0.1) is 11.7 Å². The molecule has 0 saturated carbocycles. The summed E-state index contributed by atoms with van der Waals surface area (Å²) in [4.78, 5) is 12.1. The van der Waals surface area contributed by atoms with Gasteiger partial charge in [0.25, 0.3) is 0 Å². The molecule has 4 rings (SSSR count). The fraction of sp³-hybridized carbons (Fsp3) is 0.429. The fourth-order valence-corrected chi connectivity index (χ4v) is 5.17. The van der Waals surface area contributed by atoms with Crippen LogP contribution in [0.15, 0.2) is 27.9 Å². The maximum absolute atomic E-state index is 12.8. The summed E-state index contributed by atoms with van der Waals surface area (Å²) in [5.74, 6) is 0.694. The number of benzene rings is 1. The molecule has 1 unspecified atom stereocenters. The molecule has 0 fully saturated rings. The van der Waals surface area contributed by atoms with Crippen LogP contribution in [0.25, 0.3) is 11.0 Å². The smallest absolute Gasteiger partial charge is 0.279 e. The fourth-order valence-electron chi connectivity index (χ4n) is 3.10. The molecule has 1 aromatic carbocycles. The van der Waals surface area contributed by atoms with E-state index in [1.165, 1.54) is 10.7 Å². The van der Waals surface area contributed by atoms with E-state index in [2.05, 4.69) is 18.6 Å². The number of aryl methyl sites for hydroxylation is 2. The Balaban J connectivity index is 1.58. The number of hydrogen-bond donors (Lipinski definition) is 1. The Hall–Kier alpha value is -2.11. The molecule has 9 nitrogen and oxygen atoms in total. The third-order valence-corrected chi connectivity index (χ3v) is 6.46. The zero-order valence-electron chi connectivity index (χ0n) is 13.4. The van der Waals surface area contributed by atoms with Gasteiger partial charge in [-0.1, -0.05) is 6.07 Å². The highest BCUT2D eigenvalue weighted by Crippen LogP contribution is 2.22. The van der Waals surface area contributed by atoms with E-state index in [0.29, 0.717) is 42.7 Å². The third kappa shape index (κ3) is 2.87. The lowest BCUT2D eigenvalue weighted by molar-refractivity contribution is 0.490. The van der Waals surface area contributed by atoms with Crippen molar-refractivity contribution < 1.29 is 8.42 Å².